The zero-order valence-corrected chi connectivity index (χ0v) is 16.1. The number of benzene rings is 1. The zero-order chi connectivity index (χ0) is 19.3. The highest BCUT2D eigenvalue weighted by atomic mass is 16.5. The van der Waals surface area contributed by atoms with Gasteiger partial charge < -0.3 is 14.7 Å². The predicted molar refractivity (Wildman–Crippen MR) is 105 cm³/mol. The van der Waals surface area contributed by atoms with Gasteiger partial charge in [-0.3, -0.25) is 9.78 Å². The zero-order valence-electron chi connectivity index (χ0n) is 16.1. The number of hydrogen-bond donors (Lipinski definition) is 1. The Bertz CT molecular complexity index is 730. The van der Waals surface area contributed by atoms with E-state index in [0.29, 0.717) is 25.1 Å². The average molecular weight is 368 g/mol. The summed E-state index contributed by atoms with van der Waals surface area (Å²) >= 11 is 0. The molecule has 1 aliphatic rings. The number of carbonyl (C=O) groups is 1. The number of hydrogen-bond acceptors (Lipinski definition) is 4. The molecule has 5 heteroatoms. The van der Waals surface area contributed by atoms with Gasteiger partial charge in [0.2, 0.25) is 0 Å². The standard InChI is InChI=1S/C22H28N2O3/c1-22(2,26)12-9-17-5-7-18(8-6-17)21(25)24-14-10-19(11-15-24)27-20-4-3-13-23-16-20/h3-8,13,16,19,26H,9-12,14-15H2,1-2H3. The molecule has 3 rings (SSSR count). The van der Waals surface area contributed by atoms with Crippen molar-refractivity contribution in [2.75, 3.05) is 13.1 Å². The second kappa shape index (κ2) is 8.53. The molecule has 2 aromatic rings. The van der Waals surface area contributed by atoms with Gasteiger partial charge in [-0.25, -0.2) is 0 Å². The molecule has 1 amide bonds. The largest absolute Gasteiger partial charge is 0.489 e. The van der Waals surface area contributed by atoms with E-state index in [1.807, 2.05) is 55.1 Å². The first kappa shape index (κ1) is 19.4. The molecule has 5 nitrogen and oxygen atoms in total. The lowest BCUT2D eigenvalue weighted by Gasteiger charge is -2.32. The molecule has 1 N–H and O–H groups in total. The summed E-state index contributed by atoms with van der Waals surface area (Å²) in [7, 11) is 0. The molecule has 0 saturated carbocycles. The molecule has 144 valence electrons. The lowest BCUT2D eigenvalue weighted by atomic mass is 9.98. The fraction of sp³-hybridized carbons (Fsp3) is 0.455. The molecule has 0 atom stereocenters. The van der Waals surface area contributed by atoms with E-state index in [-0.39, 0.29) is 12.0 Å². The molecule has 0 bridgehead atoms. The van der Waals surface area contributed by atoms with Crippen LogP contribution in [-0.2, 0) is 6.42 Å². The normalized spacial score (nSPS) is 15.6. The Kier molecular flexibility index (Phi) is 6.11. The number of carbonyl (C=O) groups excluding carboxylic acids is 1. The second-order valence-electron chi connectivity index (χ2n) is 7.81. The van der Waals surface area contributed by atoms with Gasteiger partial charge in [-0.1, -0.05) is 12.1 Å². The van der Waals surface area contributed by atoms with Crippen molar-refractivity contribution in [3.05, 3.63) is 59.9 Å². The Hall–Kier alpha value is -2.40. The van der Waals surface area contributed by atoms with E-state index in [0.717, 1.165) is 30.6 Å². The summed E-state index contributed by atoms with van der Waals surface area (Å²) < 4.78 is 5.94. The van der Waals surface area contributed by atoms with Gasteiger partial charge in [0.15, 0.2) is 0 Å². The quantitative estimate of drug-likeness (QED) is 0.848. The number of ether oxygens (including phenoxy) is 1. The number of amides is 1. The Labute approximate surface area is 161 Å². The number of aliphatic hydroxyl groups is 1. The summed E-state index contributed by atoms with van der Waals surface area (Å²) in [6.45, 7) is 5.02. The third-order valence-electron chi connectivity index (χ3n) is 4.89. The van der Waals surface area contributed by atoms with Crippen molar-refractivity contribution in [1.29, 1.82) is 0 Å². The highest BCUT2D eigenvalue weighted by Crippen LogP contribution is 2.20. The highest BCUT2D eigenvalue weighted by Gasteiger charge is 2.24. The van der Waals surface area contributed by atoms with Crippen LogP contribution in [0.3, 0.4) is 0 Å². The Morgan fingerprint density at radius 1 is 1.22 bits per heavy atom. The monoisotopic (exact) mass is 368 g/mol. The molecule has 0 unspecified atom stereocenters. The van der Waals surface area contributed by atoms with Crippen LogP contribution in [0, 0.1) is 0 Å². The maximum Gasteiger partial charge on any atom is 0.253 e. The van der Waals surface area contributed by atoms with Crippen molar-refractivity contribution in [2.45, 2.75) is 51.2 Å². The average Bonchev–Trinajstić information content (AvgIpc) is 2.67. The van der Waals surface area contributed by atoms with Gasteiger partial charge in [-0.05, 0) is 56.5 Å². The van der Waals surface area contributed by atoms with Crippen LogP contribution >= 0.6 is 0 Å². The van der Waals surface area contributed by atoms with Gasteiger partial charge in [0.05, 0.1) is 11.8 Å². The van der Waals surface area contributed by atoms with E-state index in [4.69, 9.17) is 4.74 Å². The number of aromatic nitrogens is 1. The molecule has 0 radical (unpaired) electrons. The van der Waals surface area contributed by atoms with Gasteiger partial charge in [0.1, 0.15) is 11.9 Å². The van der Waals surface area contributed by atoms with Gasteiger partial charge in [-0.2, -0.15) is 0 Å². The molecule has 0 spiro atoms. The fourth-order valence-corrected chi connectivity index (χ4v) is 3.23. The van der Waals surface area contributed by atoms with Crippen molar-refractivity contribution in [1.82, 2.24) is 9.88 Å². The second-order valence-corrected chi connectivity index (χ2v) is 7.81. The summed E-state index contributed by atoms with van der Waals surface area (Å²) in [5.41, 5.74) is 1.18. The lowest BCUT2D eigenvalue weighted by Crippen LogP contribution is -2.41. The first-order valence-corrected chi connectivity index (χ1v) is 9.58. The number of pyridine rings is 1. The van der Waals surface area contributed by atoms with E-state index < -0.39 is 5.60 Å². The predicted octanol–water partition coefficient (Wildman–Crippen LogP) is 3.47. The smallest absolute Gasteiger partial charge is 0.253 e. The summed E-state index contributed by atoms with van der Waals surface area (Å²) in [6.07, 6.45) is 6.72. The van der Waals surface area contributed by atoms with Gasteiger partial charge in [0, 0.05) is 37.7 Å². The van der Waals surface area contributed by atoms with Crippen LogP contribution in [0.1, 0.15) is 49.0 Å². The molecule has 1 aromatic carbocycles. The molecular formula is C22H28N2O3. The molecule has 0 aliphatic carbocycles. The van der Waals surface area contributed by atoms with E-state index >= 15 is 0 Å². The van der Waals surface area contributed by atoms with Gasteiger partial charge in [0.25, 0.3) is 5.91 Å². The van der Waals surface area contributed by atoms with Crippen LogP contribution in [0.4, 0.5) is 0 Å². The fourth-order valence-electron chi connectivity index (χ4n) is 3.23. The maximum absolute atomic E-state index is 12.7. The van der Waals surface area contributed by atoms with Crippen LogP contribution in [0.5, 0.6) is 5.75 Å². The SMILES string of the molecule is CC(C)(O)CCc1ccc(C(=O)N2CCC(Oc3cccnc3)CC2)cc1. The molecule has 27 heavy (non-hydrogen) atoms. The minimum absolute atomic E-state index is 0.0730. The van der Waals surface area contributed by atoms with Crippen LogP contribution < -0.4 is 4.74 Å². The number of rotatable bonds is 6. The van der Waals surface area contributed by atoms with Crippen LogP contribution in [-0.4, -0.2) is 45.7 Å². The Morgan fingerprint density at radius 2 is 1.93 bits per heavy atom. The molecule has 1 saturated heterocycles. The summed E-state index contributed by atoms with van der Waals surface area (Å²) in [4.78, 5) is 18.7. The van der Waals surface area contributed by atoms with Gasteiger partial charge in [-0.15, -0.1) is 0 Å². The topological polar surface area (TPSA) is 62.7 Å². The maximum atomic E-state index is 12.7. The summed E-state index contributed by atoms with van der Waals surface area (Å²) in [5, 5.41) is 9.83. The number of aryl methyl sites for hydroxylation is 1. The first-order chi connectivity index (χ1) is 12.9. The lowest BCUT2D eigenvalue weighted by molar-refractivity contribution is 0.0594. The van der Waals surface area contributed by atoms with Crippen LogP contribution in [0.25, 0.3) is 0 Å². The molecule has 1 aliphatic heterocycles. The minimum atomic E-state index is -0.670. The number of likely N-dealkylation sites (tertiary alicyclic amines) is 1. The number of piperidine rings is 1. The van der Waals surface area contributed by atoms with Crippen molar-refractivity contribution in [3.8, 4) is 5.75 Å². The highest BCUT2D eigenvalue weighted by molar-refractivity contribution is 5.94. The third-order valence-corrected chi connectivity index (χ3v) is 4.89. The van der Waals surface area contributed by atoms with Crippen LogP contribution in [0.15, 0.2) is 48.8 Å². The van der Waals surface area contributed by atoms with E-state index in [9.17, 15) is 9.90 Å². The van der Waals surface area contributed by atoms with Crippen LogP contribution in [0.2, 0.25) is 0 Å². The Morgan fingerprint density at radius 3 is 2.52 bits per heavy atom. The van der Waals surface area contributed by atoms with E-state index in [1.165, 1.54) is 0 Å². The molecule has 2 heterocycles. The van der Waals surface area contributed by atoms with E-state index in [2.05, 4.69) is 4.98 Å². The first-order valence-electron chi connectivity index (χ1n) is 9.58. The molecular weight excluding hydrogens is 340 g/mol. The molecule has 1 fully saturated rings. The van der Waals surface area contributed by atoms with Crippen molar-refractivity contribution >= 4 is 5.91 Å². The minimum Gasteiger partial charge on any atom is -0.489 e. The van der Waals surface area contributed by atoms with Gasteiger partial charge >= 0.3 is 0 Å². The van der Waals surface area contributed by atoms with Crippen molar-refractivity contribution < 1.29 is 14.6 Å². The third kappa shape index (κ3) is 5.79. The summed E-state index contributed by atoms with van der Waals surface area (Å²) in [6, 6.07) is 11.5. The van der Waals surface area contributed by atoms with E-state index in [1.54, 1.807) is 12.4 Å². The molecule has 1 aromatic heterocycles. The van der Waals surface area contributed by atoms with Crippen molar-refractivity contribution in [3.63, 3.8) is 0 Å². The number of nitrogens with zero attached hydrogens (tertiary/aromatic N) is 2. The van der Waals surface area contributed by atoms with Crippen molar-refractivity contribution in [2.24, 2.45) is 0 Å². The Balaban J connectivity index is 1.50. The summed E-state index contributed by atoms with van der Waals surface area (Å²) in [5.74, 6) is 0.854.